The first-order valence-corrected chi connectivity index (χ1v) is 12.5. The molecule has 0 amide bonds. The first-order valence-electron chi connectivity index (χ1n) is 10.2. The molecule has 0 spiro atoms. The number of fused-ring (bicyclic) bond motifs is 1. The van der Waals surface area contributed by atoms with E-state index in [1.807, 2.05) is 36.4 Å². The highest BCUT2D eigenvalue weighted by Crippen LogP contribution is 2.38. The number of amidine groups is 1. The van der Waals surface area contributed by atoms with Gasteiger partial charge in [0.05, 0.1) is 5.69 Å². The Labute approximate surface area is 197 Å². The second-order valence-electron chi connectivity index (χ2n) is 7.19. The largest absolute Gasteiger partial charge is 0.378 e. The summed E-state index contributed by atoms with van der Waals surface area (Å²) in [7, 11) is 0. The molecule has 4 N–H and O–H groups in total. The Hall–Kier alpha value is -2.12. The number of aryl methyl sites for hydroxylation is 1. The summed E-state index contributed by atoms with van der Waals surface area (Å²) in [6, 6.07) is 24.7. The van der Waals surface area contributed by atoms with E-state index in [1.165, 1.54) is 16.0 Å². The molecule has 0 fully saturated rings. The third kappa shape index (κ3) is 6.68. The van der Waals surface area contributed by atoms with E-state index in [-0.39, 0.29) is 5.50 Å². The van der Waals surface area contributed by atoms with Crippen molar-refractivity contribution >= 4 is 51.7 Å². The molecule has 4 rings (SSSR count). The van der Waals surface area contributed by atoms with Gasteiger partial charge < -0.3 is 11.1 Å². The highest BCUT2D eigenvalue weighted by Gasteiger charge is 2.20. The van der Waals surface area contributed by atoms with E-state index in [2.05, 4.69) is 52.0 Å². The first-order chi connectivity index (χ1) is 15.2. The summed E-state index contributed by atoms with van der Waals surface area (Å²) in [5, 5.41) is 8.38. The number of hydrogen-bond acceptors (Lipinski definition) is 5. The second kappa shape index (κ2) is 11.0. The number of halogens is 1. The number of thioether (sulfide) groups is 2. The normalized spacial score (nSPS) is 15.5. The maximum atomic E-state index is 6.09. The molecule has 1 unspecified atom stereocenters. The van der Waals surface area contributed by atoms with E-state index in [9.17, 15) is 0 Å². The predicted molar refractivity (Wildman–Crippen MR) is 137 cm³/mol. The molecule has 7 heteroatoms. The monoisotopic (exact) mass is 468 g/mol. The fraction of sp³-hybridized carbons (Fsp3) is 0.208. The minimum absolute atomic E-state index is 0.171. The zero-order valence-electron chi connectivity index (χ0n) is 17.1. The number of nitrogens with two attached hydrogens (primary N) is 1. The Balaban J connectivity index is 1.19. The Morgan fingerprint density at radius 1 is 1.03 bits per heavy atom. The molecule has 0 bridgehead atoms. The van der Waals surface area contributed by atoms with E-state index in [1.54, 1.807) is 23.5 Å². The van der Waals surface area contributed by atoms with Gasteiger partial charge in [0.25, 0.3) is 0 Å². The van der Waals surface area contributed by atoms with Crippen molar-refractivity contribution in [2.45, 2.75) is 23.2 Å². The van der Waals surface area contributed by atoms with Crippen LogP contribution in [0.3, 0.4) is 0 Å². The topological polar surface area (TPSA) is 62.4 Å². The molecule has 3 aromatic rings. The molecule has 0 saturated heterocycles. The number of anilines is 1. The van der Waals surface area contributed by atoms with Gasteiger partial charge in [-0.05, 0) is 54.3 Å². The summed E-state index contributed by atoms with van der Waals surface area (Å²) in [5.74, 6) is 0.923. The Morgan fingerprint density at radius 2 is 1.81 bits per heavy atom. The minimum atomic E-state index is 0.171. The third-order valence-corrected chi connectivity index (χ3v) is 7.02. The number of nitrogens with zero attached hydrogens (tertiary/aromatic N) is 1. The molecule has 1 aliphatic rings. The summed E-state index contributed by atoms with van der Waals surface area (Å²) in [4.78, 5) is 5.71. The van der Waals surface area contributed by atoms with Crippen LogP contribution in [0.25, 0.3) is 0 Å². The van der Waals surface area contributed by atoms with Crippen molar-refractivity contribution in [1.82, 2.24) is 5.32 Å². The number of rotatable bonds is 8. The molecular formula is C24H25ClN4S2. The van der Waals surface area contributed by atoms with Crippen LogP contribution in [-0.2, 0) is 12.8 Å². The zero-order chi connectivity index (χ0) is 21.5. The molecule has 0 aromatic heterocycles. The summed E-state index contributed by atoms with van der Waals surface area (Å²) in [5.41, 5.74) is 10.9. The van der Waals surface area contributed by atoms with Crippen molar-refractivity contribution in [3.8, 4) is 0 Å². The van der Waals surface area contributed by atoms with Crippen molar-refractivity contribution in [2.24, 2.45) is 10.7 Å². The lowest BCUT2D eigenvalue weighted by Gasteiger charge is -2.12. The lowest BCUT2D eigenvalue weighted by atomic mass is 10.1. The molecule has 0 saturated carbocycles. The lowest BCUT2D eigenvalue weighted by Crippen LogP contribution is -2.32. The van der Waals surface area contributed by atoms with Crippen LogP contribution in [0.4, 0.5) is 11.4 Å². The van der Waals surface area contributed by atoms with Crippen LogP contribution >= 0.6 is 35.1 Å². The second-order valence-corrected chi connectivity index (χ2v) is 9.89. The molecule has 3 aromatic carbocycles. The molecular weight excluding hydrogens is 444 g/mol. The highest BCUT2D eigenvalue weighted by molar-refractivity contribution is 8.13. The van der Waals surface area contributed by atoms with Gasteiger partial charge in [-0.25, -0.2) is 4.99 Å². The molecule has 1 atom stereocenters. The van der Waals surface area contributed by atoms with Crippen molar-refractivity contribution in [3.63, 3.8) is 0 Å². The summed E-state index contributed by atoms with van der Waals surface area (Å²) >= 11 is 9.42. The van der Waals surface area contributed by atoms with Crippen LogP contribution in [0, 0.1) is 0 Å². The fourth-order valence-corrected chi connectivity index (χ4v) is 5.31. The maximum Gasteiger partial charge on any atom is 0.159 e. The fourth-order valence-electron chi connectivity index (χ4n) is 3.27. The van der Waals surface area contributed by atoms with Gasteiger partial charge in [0, 0.05) is 27.9 Å². The zero-order valence-corrected chi connectivity index (χ0v) is 19.4. The molecule has 31 heavy (non-hydrogen) atoms. The first kappa shape index (κ1) is 22.1. The van der Waals surface area contributed by atoms with Crippen molar-refractivity contribution < 1.29 is 0 Å². The smallest absolute Gasteiger partial charge is 0.159 e. The molecule has 1 aliphatic heterocycles. The molecule has 0 aliphatic carbocycles. The number of nitrogens with one attached hydrogen (secondary N) is 2. The van der Waals surface area contributed by atoms with Gasteiger partial charge in [-0.3, -0.25) is 5.32 Å². The number of hydrogen-bond donors (Lipinski definition) is 3. The van der Waals surface area contributed by atoms with Crippen LogP contribution in [0.15, 0.2) is 82.7 Å². The van der Waals surface area contributed by atoms with Crippen LogP contribution < -0.4 is 16.4 Å². The van der Waals surface area contributed by atoms with Gasteiger partial charge in [0.1, 0.15) is 5.50 Å². The standard InChI is InChI=1S/C24H25ClN4S2/c25-19-8-11-21-22(16-19)31-24(29-21)27-14-12-18-6-9-20(10-7-18)28-23(26)30-15-13-17-4-2-1-3-5-17/h1-11,16,24,27,29H,12-15H2,(H2,26,28). The van der Waals surface area contributed by atoms with Gasteiger partial charge >= 0.3 is 0 Å². The van der Waals surface area contributed by atoms with Crippen LogP contribution in [0.5, 0.6) is 0 Å². The Bertz CT molecular complexity index is 1030. The van der Waals surface area contributed by atoms with Gasteiger partial charge in [-0.15, -0.1) is 0 Å². The van der Waals surface area contributed by atoms with Gasteiger partial charge in [-0.2, -0.15) is 0 Å². The Kier molecular flexibility index (Phi) is 7.81. The molecule has 0 radical (unpaired) electrons. The molecule has 4 nitrogen and oxygen atoms in total. The van der Waals surface area contributed by atoms with E-state index in [0.717, 1.165) is 41.5 Å². The average molecular weight is 469 g/mol. The maximum absolute atomic E-state index is 6.09. The highest BCUT2D eigenvalue weighted by atomic mass is 35.5. The van der Waals surface area contributed by atoms with Gasteiger partial charge in [0.15, 0.2) is 5.17 Å². The van der Waals surface area contributed by atoms with Crippen molar-refractivity contribution in [2.75, 3.05) is 17.6 Å². The quantitative estimate of drug-likeness (QED) is 0.284. The summed E-state index contributed by atoms with van der Waals surface area (Å²) < 4.78 is 0. The molecule has 1 heterocycles. The predicted octanol–water partition coefficient (Wildman–Crippen LogP) is 5.90. The lowest BCUT2D eigenvalue weighted by molar-refractivity contribution is 0.695. The summed E-state index contributed by atoms with van der Waals surface area (Å²) in [6.45, 7) is 0.881. The van der Waals surface area contributed by atoms with E-state index >= 15 is 0 Å². The van der Waals surface area contributed by atoms with Gasteiger partial charge in [0.2, 0.25) is 0 Å². The van der Waals surface area contributed by atoms with Crippen molar-refractivity contribution in [3.05, 3.63) is 88.9 Å². The Morgan fingerprint density at radius 3 is 2.61 bits per heavy atom. The van der Waals surface area contributed by atoms with Crippen LogP contribution in [0.2, 0.25) is 5.02 Å². The van der Waals surface area contributed by atoms with Crippen molar-refractivity contribution in [1.29, 1.82) is 0 Å². The number of benzene rings is 3. The molecule has 160 valence electrons. The van der Waals surface area contributed by atoms with Crippen LogP contribution in [-0.4, -0.2) is 23.0 Å². The van der Waals surface area contributed by atoms with E-state index in [4.69, 9.17) is 17.3 Å². The summed E-state index contributed by atoms with van der Waals surface area (Å²) in [6.07, 6.45) is 1.93. The van der Waals surface area contributed by atoms with Gasteiger partial charge in [-0.1, -0.05) is 77.6 Å². The SMILES string of the molecule is NC(=Nc1ccc(CCNC2Nc3ccc(Cl)cc3S2)cc1)SCCc1ccccc1. The van der Waals surface area contributed by atoms with Crippen LogP contribution in [0.1, 0.15) is 11.1 Å². The van der Waals surface area contributed by atoms with E-state index in [0.29, 0.717) is 5.17 Å². The number of aliphatic imine (C=N–C) groups is 1. The third-order valence-electron chi connectivity index (χ3n) is 4.88. The average Bonchev–Trinajstić information content (AvgIpc) is 3.17. The minimum Gasteiger partial charge on any atom is -0.378 e. The van der Waals surface area contributed by atoms with E-state index < -0.39 is 0 Å².